The summed E-state index contributed by atoms with van der Waals surface area (Å²) < 4.78 is 25.7. The van der Waals surface area contributed by atoms with Gasteiger partial charge in [0.15, 0.2) is 0 Å². The molecule has 0 saturated carbocycles. The molecule has 0 aromatic heterocycles. The van der Waals surface area contributed by atoms with Crippen LogP contribution < -0.4 is 14.9 Å². The van der Waals surface area contributed by atoms with Crippen molar-refractivity contribution in [3.05, 3.63) is 53.6 Å². The van der Waals surface area contributed by atoms with Crippen molar-refractivity contribution >= 4 is 50.7 Å². The van der Waals surface area contributed by atoms with E-state index in [0.29, 0.717) is 16.4 Å². The Bertz CT molecular complexity index is 1050. The van der Waals surface area contributed by atoms with Crippen molar-refractivity contribution in [3.63, 3.8) is 0 Å². The zero-order valence-corrected chi connectivity index (χ0v) is 17.0. The van der Waals surface area contributed by atoms with Gasteiger partial charge in [-0.25, -0.2) is 13.1 Å². The number of nitrogens with one attached hydrogen (secondary N) is 2. The molecule has 0 unspecified atom stereocenters. The number of rotatable bonds is 5. The Morgan fingerprint density at radius 1 is 1.07 bits per heavy atom. The van der Waals surface area contributed by atoms with Gasteiger partial charge in [0.25, 0.3) is 10.0 Å². The second-order valence-corrected chi connectivity index (χ2v) is 8.68. The molecule has 3 rings (SSSR count). The normalized spacial score (nSPS) is 16.6. The van der Waals surface area contributed by atoms with E-state index in [2.05, 4.69) is 5.32 Å². The number of sulfonamides is 1. The van der Waals surface area contributed by atoms with Gasteiger partial charge in [0, 0.05) is 36.3 Å². The van der Waals surface area contributed by atoms with Gasteiger partial charge >= 0.3 is 0 Å². The highest BCUT2D eigenvalue weighted by Gasteiger charge is 2.35. The summed E-state index contributed by atoms with van der Waals surface area (Å²) in [6.45, 7) is 1.34. The van der Waals surface area contributed by atoms with E-state index < -0.39 is 21.8 Å². The summed E-state index contributed by atoms with van der Waals surface area (Å²) in [6, 6.07) is 12.2. The first kappa shape index (κ1) is 20.8. The Balaban J connectivity index is 1.65. The highest BCUT2D eigenvalue weighted by molar-refractivity contribution is 7.90. The maximum Gasteiger partial charge on any atom is 0.264 e. The number of nitrogens with zero attached hydrogens (tertiary/aromatic N) is 1. The van der Waals surface area contributed by atoms with Crippen LogP contribution in [0, 0.1) is 5.92 Å². The molecule has 0 bridgehead atoms. The molecule has 0 aliphatic carbocycles. The molecule has 3 amide bonds. The number of anilines is 2. The maximum absolute atomic E-state index is 12.5. The van der Waals surface area contributed by atoms with Gasteiger partial charge in [0.2, 0.25) is 17.7 Å². The first-order chi connectivity index (χ1) is 13.7. The van der Waals surface area contributed by atoms with Crippen LogP contribution >= 0.6 is 11.6 Å². The average molecular weight is 436 g/mol. The summed E-state index contributed by atoms with van der Waals surface area (Å²) >= 11 is 5.86. The molecular formula is C19H18ClN3O5S. The number of carbonyl (C=O) groups is 3. The third kappa shape index (κ3) is 4.93. The molecule has 152 valence electrons. The van der Waals surface area contributed by atoms with Crippen molar-refractivity contribution in [3.8, 4) is 0 Å². The fraction of sp³-hybridized carbons (Fsp3) is 0.211. The summed E-state index contributed by atoms with van der Waals surface area (Å²) in [5.74, 6) is -1.74. The molecule has 8 nitrogen and oxygen atoms in total. The van der Waals surface area contributed by atoms with Crippen molar-refractivity contribution in [1.82, 2.24) is 4.72 Å². The number of carbonyl (C=O) groups excluding carboxylic acids is 3. The van der Waals surface area contributed by atoms with Crippen LogP contribution in [0.3, 0.4) is 0 Å². The molecule has 10 heteroatoms. The van der Waals surface area contributed by atoms with Crippen LogP contribution in [-0.4, -0.2) is 32.7 Å². The third-order valence-corrected chi connectivity index (χ3v) is 6.05. The van der Waals surface area contributed by atoms with Gasteiger partial charge in [-0.2, -0.15) is 0 Å². The summed E-state index contributed by atoms with van der Waals surface area (Å²) in [6.07, 6.45) is 0.0729. The SMILES string of the molecule is CC(=O)NS(=O)(=O)c1ccc(NC(=O)[C@@H]2CC(=O)N(c3ccc(Cl)cc3)C2)cc1. The lowest BCUT2D eigenvalue weighted by Gasteiger charge is -2.16. The lowest BCUT2D eigenvalue weighted by molar-refractivity contribution is -0.122. The predicted octanol–water partition coefficient (Wildman–Crippen LogP) is 2.16. The minimum absolute atomic E-state index is 0.0729. The molecular weight excluding hydrogens is 418 g/mol. The van der Waals surface area contributed by atoms with Crippen molar-refractivity contribution in [2.45, 2.75) is 18.2 Å². The predicted molar refractivity (Wildman–Crippen MR) is 108 cm³/mol. The van der Waals surface area contributed by atoms with E-state index in [9.17, 15) is 22.8 Å². The molecule has 1 atom stereocenters. The van der Waals surface area contributed by atoms with E-state index in [-0.39, 0.29) is 29.7 Å². The van der Waals surface area contributed by atoms with Gasteiger partial charge < -0.3 is 10.2 Å². The zero-order valence-electron chi connectivity index (χ0n) is 15.4. The zero-order chi connectivity index (χ0) is 21.2. The molecule has 1 aliphatic rings. The summed E-state index contributed by atoms with van der Waals surface area (Å²) in [7, 11) is -3.94. The molecule has 2 aromatic carbocycles. The second kappa shape index (κ2) is 8.22. The van der Waals surface area contributed by atoms with Gasteiger partial charge in [-0.1, -0.05) is 11.6 Å². The van der Waals surface area contributed by atoms with Crippen LogP contribution in [0.5, 0.6) is 0 Å². The lowest BCUT2D eigenvalue weighted by atomic mass is 10.1. The van der Waals surface area contributed by atoms with Crippen molar-refractivity contribution < 1.29 is 22.8 Å². The Labute approximate surface area is 172 Å². The lowest BCUT2D eigenvalue weighted by Crippen LogP contribution is -2.28. The van der Waals surface area contributed by atoms with Gasteiger partial charge in [-0.05, 0) is 48.5 Å². The average Bonchev–Trinajstić information content (AvgIpc) is 3.04. The third-order valence-electron chi connectivity index (χ3n) is 4.34. The highest BCUT2D eigenvalue weighted by Crippen LogP contribution is 2.27. The van der Waals surface area contributed by atoms with E-state index in [1.54, 1.807) is 24.3 Å². The van der Waals surface area contributed by atoms with E-state index in [1.165, 1.54) is 29.2 Å². The Kier molecular flexibility index (Phi) is 5.90. The highest BCUT2D eigenvalue weighted by atomic mass is 35.5. The number of benzene rings is 2. The number of halogens is 1. The molecule has 1 heterocycles. The minimum atomic E-state index is -3.94. The van der Waals surface area contributed by atoms with Gasteiger partial charge in [0.1, 0.15) is 0 Å². The largest absolute Gasteiger partial charge is 0.326 e. The van der Waals surface area contributed by atoms with Crippen LogP contribution in [0.2, 0.25) is 5.02 Å². The van der Waals surface area contributed by atoms with E-state index in [1.807, 2.05) is 4.72 Å². The second-order valence-electron chi connectivity index (χ2n) is 6.56. The monoisotopic (exact) mass is 435 g/mol. The van der Waals surface area contributed by atoms with Gasteiger partial charge in [0.05, 0.1) is 10.8 Å². The van der Waals surface area contributed by atoms with Crippen molar-refractivity contribution in [2.24, 2.45) is 5.92 Å². The molecule has 1 aliphatic heterocycles. The van der Waals surface area contributed by atoms with Crippen LogP contribution in [0.4, 0.5) is 11.4 Å². The van der Waals surface area contributed by atoms with Gasteiger partial charge in [-0.3, -0.25) is 14.4 Å². The first-order valence-corrected chi connectivity index (χ1v) is 10.5. The number of hydrogen-bond donors (Lipinski definition) is 2. The van der Waals surface area contributed by atoms with Crippen LogP contribution in [0.25, 0.3) is 0 Å². The topological polar surface area (TPSA) is 113 Å². The Morgan fingerprint density at radius 3 is 2.28 bits per heavy atom. The molecule has 1 fully saturated rings. The fourth-order valence-electron chi connectivity index (χ4n) is 2.96. The molecule has 2 N–H and O–H groups in total. The maximum atomic E-state index is 12.5. The van der Waals surface area contributed by atoms with E-state index in [0.717, 1.165) is 6.92 Å². The fourth-order valence-corrected chi connectivity index (χ4v) is 4.08. The molecule has 0 radical (unpaired) electrons. The van der Waals surface area contributed by atoms with Crippen LogP contribution in [0.1, 0.15) is 13.3 Å². The molecule has 1 saturated heterocycles. The van der Waals surface area contributed by atoms with E-state index >= 15 is 0 Å². The van der Waals surface area contributed by atoms with Gasteiger partial charge in [-0.15, -0.1) is 0 Å². The number of hydrogen-bond acceptors (Lipinski definition) is 5. The number of amides is 3. The molecule has 29 heavy (non-hydrogen) atoms. The standard InChI is InChI=1S/C19H18ClN3O5S/c1-12(24)22-29(27,28)17-8-4-15(5-9-17)21-19(26)13-10-18(25)23(11-13)16-6-2-14(20)3-7-16/h2-9,13H,10-11H2,1H3,(H,21,26)(H,22,24)/t13-/m1/s1. The Morgan fingerprint density at radius 2 is 1.69 bits per heavy atom. The summed E-state index contributed by atoms with van der Waals surface area (Å²) in [4.78, 5) is 37.2. The van der Waals surface area contributed by atoms with Crippen LogP contribution in [-0.2, 0) is 24.4 Å². The first-order valence-electron chi connectivity index (χ1n) is 8.66. The molecule has 0 spiro atoms. The van der Waals surface area contributed by atoms with Crippen LogP contribution in [0.15, 0.2) is 53.4 Å². The summed E-state index contributed by atoms with van der Waals surface area (Å²) in [5.41, 5.74) is 1.05. The van der Waals surface area contributed by atoms with E-state index in [4.69, 9.17) is 11.6 Å². The summed E-state index contributed by atoms with van der Waals surface area (Å²) in [5, 5.41) is 3.24. The quantitative estimate of drug-likeness (QED) is 0.747. The van der Waals surface area contributed by atoms with Crippen molar-refractivity contribution in [1.29, 1.82) is 0 Å². The Hall–Kier alpha value is -2.91. The van der Waals surface area contributed by atoms with Crippen molar-refractivity contribution in [2.75, 3.05) is 16.8 Å². The minimum Gasteiger partial charge on any atom is -0.326 e. The smallest absolute Gasteiger partial charge is 0.264 e. The molecule has 2 aromatic rings.